The third-order valence-electron chi connectivity index (χ3n) is 2.41. The lowest BCUT2D eigenvalue weighted by Gasteiger charge is -2.28. The van der Waals surface area contributed by atoms with Crippen molar-refractivity contribution in [3.63, 3.8) is 0 Å². The van der Waals surface area contributed by atoms with Gasteiger partial charge in [-0.05, 0) is 26.7 Å². The lowest BCUT2D eigenvalue weighted by molar-refractivity contribution is -0.142. The third-order valence-corrected chi connectivity index (χ3v) is 2.41. The summed E-state index contributed by atoms with van der Waals surface area (Å²) in [5.41, 5.74) is -0.179. The average Bonchev–Trinajstić information content (AvgIpc) is 2.16. The standard InChI is InChI=1S/C10H21NO3/c1-4-10(3,6-7-12)11-8-9(13)14-5-2/h11-12H,4-8H2,1-3H3. The Hall–Kier alpha value is -0.610. The lowest BCUT2D eigenvalue weighted by atomic mass is 9.95. The molecule has 0 amide bonds. The molecule has 0 fully saturated rings. The molecule has 1 atom stereocenters. The quantitative estimate of drug-likeness (QED) is 0.598. The Kier molecular flexibility index (Phi) is 6.49. The first-order valence-corrected chi connectivity index (χ1v) is 5.09. The first-order valence-electron chi connectivity index (χ1n) is 5.09. The fourth-order valence-corrected chi connectivity index (χ4v) is 1.13. The van der Waals surface area contributed by atoms with E-state index < -0.39 is 0 Å². The normalized spacial score (nSPS) is 14.9. The maximum Gasteiger partial charge on any atom is 0.319 e. The summed E-state index contributed by atoms with van der Waals surface area (Å²) in [5.74, 6) is -0.245. The molecule has 0 aromatic heterocycles. The molecule has 0 saturated heterocycles. The summed E-state index contributed by atoms with van der Waals surface area (Å²) in [6, 6.07) is 0. The average molecular weight is 203 g/mol. The second-order valence-electron chi connectivity index (χ2n) is 3.55. The molecule has 0 aliphatic rings. The zero-order chi connectivity index (χ0) is 11.0. The number of esters is 1. The van der Waals surface area contributed by atoms with Crippen molar-refractivity contribution in [2.24, 2.45) is 0 Å². The first-order chi connectivity index (χ1) is 6.58. The molecular weight excluding hydrogens is 182 g/mol. The van der Waals surface area contributed by atoms with Gasteiger partial charge in [0.05, 0.1) is 13.2 Å². The van der Waals surface area contributed by atoms with E-state index >= 15 is 0 Å². The van der Waals surface area contributed by atoms with Crippen molar-refractivity contribution in [1.82, 2.24) is 5.32 Å². The predicted octanol–water partition coefficient (Wildman–Crippen LogP) is 0.690. The van der Waals surface area contributed by atoms with Crippen LogP contribution in [-0.4, -0.2) is 36.4 Å². The molecule has 0 aliphatic carbocycles. The van der Waals surface area contributed by atoms with Gasteiger partial charge in [-0.2, -0.15) is 0 Å². The fraction of sp³-hybridized carbons (Fsp3) is 0.900. The Morgan fingerprint density at radius 1 is 1.50 bits per heavy atom. The number of hydrogen-bond acceptors (Lipinski definition) is 4. The Morgan fingerprint density at radius 3 is 2.57 bits per heavy atom. The number of aliphatic hydroxyl groups is 1. The molecule has 84 valence electrons. The van der Waals surface area contributed by atoms with Crippen molar-refractivity contribution in [1.29, 1.82) is 0 Å². The van der Waals surface area contributed by atoms with Crippen molar-refractivity contribution in [3.05, 3.63) is 0 Å². The number of carbonyl (C=O) groups is 1. The molecule has 0 heterocycles. The van der Waals surface area contributed by atoms with Crippen LogP contribution in [0.2, 0.25) is 0 Å². The number of ether oxygens (including phenoxy) is 1. The zero-order valence-corrected chi connectivity index (χ0v) is 9.30. The summed E-state index contributed by atoms with van der Waals surface area (Å²) >= 11 is 0. The van der Waals surface area contributed by atoms with Gasteiger partial charge < -0.3 is 15.2 Å². The van der Waals surface area contributed by atoms with E-state index in [1.165, 1.54) is 0 Å². The van der Waals surface area contributed by atoms with Gasteiger partial charge >= 0.3 is 5.97 Å². The number of aliphatic hydroxyl groups excluding tert-OH is 1. The smallest absolute Gasteiger partial charge is 0.319 e. The molecule has 0 radical (unpaired) electrons. The molecule has 0 rings (SSSR count). The summed E-state index contributed by atoms with van der Waals surface area (Å²) < 4.78 is 4.80. The zero-order valence-electron chi connectivity index (χ0n) is 9.30. The van der Waals surface area contributed by atoms with Crippen LogP contribution < -0.4 is 5.32 Å². The highest BCUT2D eigenvalue weighted by atomic mass is 16.5. The van der Waals surface area contributed by atoms with Gasteiger partial charge in [0.15, 0.2) is 0 Å². The molecule has 0 spiro atoms. The van der Waals surface area contributed by atoms with Crippen LogP contribution in [0.15, 0.2) is 0 Å². The summed E-state index contributed by atoms with van der Waals surface area (Å²) in [6.07, 6.45) is 1.51. The van der Waals surface area contributed by atoms with Crippen LogP contribution in [0, 0.1) is 0 Å². The van der Waals surface area contributed by atoms with Crippen LogP contribution in [0.3, 0.4) is 0 Å². The van der Waals surface area contributed by atoms with Crippen molar-refractivity contribution in [3.8, 4) is 0 Å². The molecule has 0 aliphatic heterocycles. The SMILES string of the molecule is CCOC(=O)CNC(C)(CC)CCO. The topological polar surface area (TPSA) is 58.6 Å². The van der Waals surface area contributed by atoms with Crippen molar-refractivity contribution in [2.75, 3.05) is 19.8 Å². The van der Waals surface area contributed by atoms with Gasteiger partial charge in [-0.15, -0.1) is 0 Å². The van der Waals surface area contributed by atoms with Gasteiger partial charge in [0, 0.05) is 12.1 Å². The lowest BCUT2D eigenvalue weighted by Crippen LogP contribution is -2.45. The van der Waals surface area contributed by atoms with E-state index in [1.807, 2.05) is 13.8 Å². The monoisotopic (exact) mass is 203 g/mol. The molecule has 0 saturated carbocycles. The first kappa shape index (κ1) is 13.4. The highest BCUT2D eigenvalue weighted by Gasteiger charge is 2.21. The van der Waals surface area contributed by atoms with Crippen LogP contribution in [0.25, 0.3) is 0 Å². The molecule has 4 nitrogen and oxygen atoms in total. The van der Waals surface area contributed by atoms with Crippen LogP contribution >= 0.6 is 0 Å². The minimum atomic E-state index is -0.245. The van der Waals surface area contributed by atoms with Crippen LogP contribution in [0.5, 0.6) is 0 Å². The molecule has 1 unspecified atom stereocenters. The van der Waals surface area contributed by atoms with Gasteiger partial charge in [0.1, 0.15) is 0 Å². The van der Waals surface area contributed by atoms with Crippen molar-refractivity contribution >= 4 is 5.97 Å². The Bertz CT molecular complexity index is 173. The van der Waals surface area contributed by atoms with Crippen molar-refractivity contribution in [2.45, 2.75) is 39.2 Å². The minimum Gasteiger partial charge on any atom is -0.465 e. The summed E-state index contributed by atoms with van der Waals surface area (Å²) in [4.78, 5) is 11.1. The van der Waals surface area contributed by atoms with E-state index in [2.05, 4.69) is 5.32 Å². The fourth-order valence-electron chi connectivity index (χ4n) is 1.13. The van der Waals surface area contributed by atoms with Gasteiger partial charge in [-0.1, -0.05) is 6.92 Å². The van der Waals surface area contributed by atoms with E-state index in [-0.39, 0.29) is 24.7 Å². The van der Waals surface area contributed by atoms with Gasteiger partial charge in [-0.3, -0.25) is 4.79 Å². The Balaban J connectivity index is 3.87. The van der Waals surface area contributed by atoms with Crippen LogP contribution in [-0.2, 0) is 9.53 Å². The minimum absolute atomic E-state index is 0.125. The number of carbonyl (C=O) groups excluding carboxylic acids is 1. The highest BCUT2D eigenvalue weighted by Crippen LogP contribution is 2.12. The summed E-state index contributed by atoms with van der Waals surface area (Å²) in [7, 11) is 0. The molecular formula is C10H21NO3. The largest absolute Gasteiger partial charge is 0.465 e. The van der Waals surface area contributed by atoms with Crippen molar-refractivity contribution < 1.29 is 14.6 Å². The molecule has 0 aromatic rings. The molecule has 0 aromatic carbocycles. The van der Waals surface area contributed by atoms with Gasteiger partial charge in [-0.25, -0.2) is 0 Å². The maximum atomic E-state index is 11.1. The molecule has 4 heteroatoms. The third kappa shape index (κ3) is 5.19. The Labute approximate surface area is 85.6 Å². The number of nitrogens with one attached hydrogen (secondary N) is 1. The number of rotatable bonds is 7. The van der Waals surface area contributed by atoms with Crippen LogP contribution in [0.1, 0.15) is 33.6 Å². The second kappa shape index (κ2) is 6.79. The molecule has 14 heavy (non-hydrogen) atoms. The molecule has 0 bridgehead atoms. The molecule has 2 N–H and O–H groups in total. The summed E-state index contributed by atoms with van der Waals surface area (Å²) in [5, 5.41) is 11.9. The van der Waals surface area contributed by atoms with E-state index in [0.29, 0.717) is 13.0 Å². The highest BCUT2D eigenvalue weighted by molar-refractivity contribution is 5.71. The Morgan fingerprint density at radius 2 is 2.14 bits per heavy atom. The van der Waals surface area contributed by atoms with Crippen LogP contribution in [0.4, 0.5) is 0 Å². The second-order valence-corrected chi connectivity index (χ2v) is 3.55. The van der Waals surface area contributed by atoms with Gasteiger partial charge in [0.2, 0.25) is 0 Å². The van der Waals surface area contributed by atoms with E-state index in [1.54, 1.807) is 6.92 Å². The van der Waals surface area contributed by atoms with E-state index in [9.17, 15) is 4.79 Å². The maximum absolute atomic E-state index is 11.1. The van der Waals surface area contributed by atoms with E-state index in [0.717, 1.165) is 6.42 Å². The van der Waals surface area contributed by atoms with Gasteiger partial charge in [0.25, 0.3) is 0 Å². The number of hydrogen-bond donors (Lipinski definition) is 2. The predicted molar refractivity (Wildman–Crippen MR) is 55.0 cm³/mol. The van der Waals surface area contributed by atoms with E-state index in [4.69, 9.17) is 9.84 Å². The summed E-state index contributed by atoms with van der Waals surface area (Å²) in [6.45, 7) is 6.53.